The number of amides is 1. The van der Waals surface area contributed by atoms with Gasteiger partial charge >= 0.3 is 0 Å². The average Bonchev–Trinajstić information content (AvgIpc) is 2.75. The number of rotatable bonds is 8. The smallest absolute Gasteiger partial charge is 0.224 e. The second kappa shape index (κ2) is 10.3. The van der Waals surface area contributed by atoms with E-state index >= 15 is 0 Å². The van der Waals surface area contributed by atoms with Gasteiger partial charge in [0.2, 0.25) is 5.91 Å². The average molecular weight is 397 g/mol. The van der Waals surface area contributed by atoms with E-state index in [2.05, 4.69) is 52.5 Å². The summed E-state index contributed by atoms with van der Waals surface area (Å²) in [6.07, 6.45) is 2.75. The lowest BCUT2D eigenvalue weighted by atomic mass is 9.97. The van der Waals surface area contributed by atoms with Gasteiger partial charge in [0.05, 0.1) is 11.6 Å². The monoisotopic (exact) mass is 396 g/mol. The summed E-state index contributed by atoms with van der Waals surface area (Å²) in [5.74, 6) is 0.967. The lowest BCUT2D eigenvalue weighted by molar-refractivity contribution is -0.125. The molecule has 0 unspecified atom stereocenters. The zero-order valence-corrected chi connectivity index (χ0v) is 17.8. The van der Waals surface area contributed by atoms with Gasteiger partial charge in [-0.05, 0) is 69.4 Å². The molecular weight excluding hydrogens is 364 g/mol. The maximum atomic E-state index is 12.5. The largest absolute Gasteiger partial charge is 0.382 e. The summed E-state index contributed by atoms with van der Waals surface area (Å²) in [5.41, 5.74) is 4.47. The zero-order chi connectivity index (χ0) is 20.6. The van der Waals surface area contributed by atoms with Crippen LogP contribution in [0.1, 0.15) is 37.3 Å². The van der Waals surface area contributed by atoms with Gasteiger partial charge < -0.3 is 15.0 Å². The van der Waals surface area contributed by atoms with Crippen LogP contribution in [0.2, 0.25) is 0 Å². The third-order valence-electron chi connectivity index (χ3n) is 5.54. The molecule has 6 heteroatoms. The normalized spacial score (nSPS) is 16.7. The molecule has 156 valence electrons. The number of hydrogen-bond donors (Lipinski definition) is 1. The number of ether oxygens (including phenoxy) is 1. The van der Waals surface area contributed by atoms with Gasteiger partial charge in [-0.3, -0.25) is 4.79 Å². The van der Waals surface area contributed by atoms with Crippen molar-refractivity contribution in [3.63, 3.8) is 0 Å². The number of hydrogen-bond acceptors (Lipinski definition) is 5. The third-order valence-corrected chi connectivity index (χ3v) is 5.54. The van der Waals surface area contributed by atoms with Gasteiger partial charge in [-0.25, -0.2) is 0 Å². The molecule has 0 bridgehead atoms. The van der Waals surface area contributed by atoms with E-state index in [-0.39, 0.29) is 11.8 Å². The van der Waals surface area contributed by atoms with E-state index in [4.69, 9.17) is 4.74 Å². The van der Waals surface area contributed by atoms with E-state index in [1.165, 1.54) is 11.1 Å². The summed E-state index contributed by atoms with van der Waals surface area (Å²) in [6, 6.07) is 10.4. The predicted molar refractivity (Wildman–Crippen MR) is 116 cm³/mol. The van der Waals surface area contributed by atoms with Crippen molar-refractivity contribution in [1.82, 2.24) is 15.5 Å². The molecule has 2 heterocycles. The molecule has 1 N–H and O–H groups in total. The maximum absolute atomic E-state index is 12.5. The van der Waals surface area contributed by atoms with Crippen LogP contribution < -0.4 is 10.2 Å². The number of anilines is 1. The molecule has 1 saturated heterocycles. The van der Waals surface area contributed by atoms with Gasteiger partial charge in [0.1, 0.15) is 0 Å². The second-order valence-electron chi connectivity index (χ2n) is 7.70. The van der Waals surface area contributed by atoms with Gasteiger partial charge in [0.15, 0.2) is 5.82 Å². The first kappa shape index (κ1) is 21.2. The van der Waals surface area contributed by atoms with Crippen LogP contribution >= 0.6 is 0 Å². The molecule has 1 aromatic carbocycles. The molecule has 1 atom stereocenters. The zero-order valence-electron chi connectivity index (χ0n) is 17.8. The molecule has 29 heavy (non-hydrogen) atoms. The van der Waals surface area contributed by atoms with Gasteiger partial charge in [0.25, 0.3) is 0 Å². The number of benzene rings is 1. The minimum Gasteiger partial charge on any atom is -0.382 e. The molecule has 1 amide bonds. The Morgan fingerprint density at radius 1 is 1.21 bits per heavy atom. The lowest BCUT2D eigenvalue weighted by Gasteiger charge is -2.32. The Morgan fingerprint density at radius 3 is 2.79 bits per heavy atom. The highest BCUT2D eigenvalue weighted by atomic mass is 16.5. The van der Waals surface area contributed by atoms with E-state index in [9.17, 15) is 4.79 Å². The molecule has 1 aromatic heterocycles. The van der Waals surface area contributed by atoms with E-state index in [0.717, 1.165) is 49.5 Å². The number of nitrogens with one attached hydrogen (secondary N) is 1. The van der Waals surface area contributed by atoms with Crippen molar-refractivity contribution in [3.8, 4) is 11.3 Å². The summed E-state index contributed by atoms with van der Waals surface area (Å²) in [7, 11) is 0. The highest BCUT2D eigenvalue weighted by Gasteiger charge is 2.26. The fourth-order valence-corrected chi connectivity index (χ4v) is 3.62. The predicted octanol–water partition coefficient (Wildman–Crippen LogP) is 3.52. The van der Waals surface area contributed by atoms with Crippen molar-refractivity contribution >= 4 is 11.7 Å². The fourth-order valence-electron chi connectivity index (χ4n) is 3.62. The van der Waals surface area contributed by atoms with Gasteiger partial charge in [-0.2, -0.15) is 0 Å². The first-order valence-electron chi connectivity index (χ1n) is 10.6. The summed E-state index contributed by atoms with van der Waals surface area (Å²) in [6.45, 7) is 9.87. The third kappa shape index (κ3) is 5.76. The molecule has 2 aromatic rings. The molecule has 3 rings (SSSR count). The maximum Gasteiger partial charge on any atom is 0.224 e. The molecule has 0 radical (unpaired) electrons. The fraction of sp³-hybridized carbons (Fsp3) is 0.522. The van der Waals surface area contributed by atoms with Gasteiger partial charge in [0, 0.05) is 38.4 Å². The van der Waals surface area contributed by atoms with Crippen LogP contribution in [-0.2, 0) is 9.53 Å². The van der Waals surface area contributed by atoms with Crippen LogP contribution in [0.4, 0.5) is 5.82 Å². The van der Waals surface area contributed by atoms with Crippen LogP contribution in [0.5, 0.6) is 0 Å². The topological polar surface area (TPSA) is 67.3 Å². The van der Waals surface area contributed by atoms with Gasteiger partial charge in [-0.15, -0.1) is 10.2 Å². The van der Waals surface area contributed by atoms with Crippen molar-refractivity contribution in [3.05, 3.63) is 41.5 Å². The standard InChI is InChI=1S/C23H32N4O2/c1-4-29-14-6-12-24-23(28)20-7-5-13-27(16-20)22-11-10-21(25-26-22)19-9-8-17(2)18(3)15-19/h8-11,15,20H,4-7,12-14,16H2,1-3H3,(H,24,28)/t20-/m0/s1. The number of carbonyl (C=O) groups is 1. The van der Waals surface area contributed by atoms with Crippen LogP contribution in [0, 0.1) is 19.8 Å². The van der Waals surface area contributed by atoms with E-state index in [0.29, 0.717) is 19.7 Å². The molecule has 6 nitrogen and oxygen atoms in total. The molecule has 1 aliphatic heterocycles. The highest BCUT2D eigenvalue weighted by Crippen LogP contribution is 2.24. The number of piperidine rings is 1. The Labute approximate surface area is 173 Å². The molecule has 1 fully saturated rings. The van der Waals surface area contributed by atoms with E-state index in [1.54, 1.807) is 0 Å². The van der Waals surface area contributed by atoms with Crippen LogP contribution in [0.3, 0.4) is 0 Å². The Balaban J connectivity index is 1.57. The van der Waals surface area contributed by atoms with Crippen molar-refractivity contribution in [2.45, 2.75) is 40.0 Å². The molecule has 0 spiro atoms. The first-order chi connectivity index (χ1) is 14.1. The van der Waals surface area contributed by atoms with Crippen LogP contribution in [0.25, 0.3) is 11.3 Å². The number of aromatic nitrogens is 2. The molecule has 0 saturated carbocycles. The minimum absolute atomic E-state index is 0.00271. The Morgan fingerprint density at radius 2 is 2.07 bits per heavy atom. The Kier molecular flexibility index (Phi) is 7.58. The summed E-state index contributed by atoms with van der Waals surface area (Å²) >= 11 is 0. The van der Waals surface area contributed by atoms with Crippen molar-refractivity contribution in [2.24, 2.45) is 5.92 Å². The number of nitrogens with zero attached hydrogens (tertiary/aromatic N) is 3. The second-order valence-corrected chi connectivity index (χ2v) is 7.70. The number of carbonyl (C=O) groups excluding carboxylic acids is 1. The SMILES string of the molecule is CCOCCCNC(=O)[C@H]1CCCN(c2ccc(-c3ccc(C)c(C)c3)nn2)C1. The number of aryl methyl sites for hydroxylation is 2. The van der Waals surface area contributed by atoms with E-state index < -0.39 is 0 Å². The molecule has 1 aliphatic rings. The van der Waals surface area contributed by atoms with Gasteiger partial charge in [-0.1, -0.05) is 12.1 Å². The quantitative estimate of drug-likeness (QED) is 0.692. The Hall–Kier alpha value is -2.47. The lowest BCUT2D eigenvalue weighted by Crippen LogP contribution is -2.43. The Bertz CT molecular complexity index is 807. The van der Waals surface area contributed by atoms with Crippen molar-refractivity contribution < 1.29 is 9.53 Å². The minimum atomic E-state index is -0.00271. The highest BCUT2D eigenvalue weighted by molar-refractivity contribution is 5.79. The molecule has 0 aliphatic carbocycles. The van der Waals surface area contributed by atoms with Crippen molar-refractivity contribution in [2.75, 3.05) is 37.7 Å². The summed E-state index contributed by atoms with van der Waals surface area (Å²) in [5, 5.41) is 11.9. The summed E-state index contributed by atoms with van der Waals surface area (Å²) in [4.78, 5) is 14.7. The van der Waals surface area contributed by atoms with Crippen molar-refractivity contribution in [1.29, 1.82) is 0 Å². The van der Waals surface area contributed by atoms with E-state index in [1.807, 2.05) is 19.1 Å². The van der Waals surface area contributed by atoms with Crippen LogP contribution in [-0.4, -0.2) is 49.0 Å². The first-order valence-corrected chi connectivity index (χ1v) is 10.6. The molecular formula is C23H32N4O2. The summed E-state index contributed by atoms with van der Waals surface area (Å²) < 4.78 is 5.31. The van der Waals surface area contributed by atoms with Crippen LogP contribution in [0.15, 0.2) is 30.3 Å².